The minimum absolute atomic E-state index is 0.655. The number of aryl methyl sites for hydroxylation is 1. The molecule has 0 bridgehead atoms. The van der Waals surface area contributed by atoms with E-state index in [1.165, 1.54) is 0 Å². The fourth-order valence-electron chi connectivity index (χ4n) is 3.11. The van der Waals surface area contributed by atoms with Gasteiger partial charge in [-0.1, -0.05) is 30.3 Å². The van der Waals surface area contributed by atoms with Crippen LogP contribution in [0.2, 0.25) is 0 Å². The van der Waals surface area contributed by atoms with Gasteiger partial charge in [0.05, 0.1) is 17.6 Å². The lowest BCUT2D eigenvalue weighted by atomic mass is 10.2. The van der Waals surface area contributed by atoms with Crippen LogP contribution in [0.3, 0.4) is 0 Å². The van der Waals surface area contributed by atoms with E-state index >= 15 is 0 Å². The maximum atomic E-state index is 5.68. The van der Waals surface area contributed by atoms with Gasteiger partial charge in [-0.3, -0.25) is 4.99 Å². The Hall–Kier alpha value is -3.02. The molecule has 1 heterocycles. The molecule has 0 saturated heterocycles. The van der Waals surface area contributed by atoms with Crippen LogP contribution in [0.5, 0.6) is 5.75 Å². The van der Waals surface area contributed by atoms with Gasteiger partial charge in [0, 0.05) is 32.2 Å². The summed E-state index contributed by atoms with van der Waals surface area (Å²) in [5, 5.41) is 6.72. The standard InChI is InChI=1S/C21H27N5O/c1-4-27-20-12-8-5-9-17(20)15-24-21(22-3)23-13-14-26-16(2)25-18-10-6-7-11-19(18)26/h5-12H,4,13-15H2,1-3H3,(H2,22,23,24). The molecule has 0 saturated carbocycles. The molecule has 0 atom stereocenters. The number of hydrogen-bond acceptors (Lipinski definition) is 3. The van der Waals surface area contributed by atoms with Crippen molar-refractivity contribution in [2.24, 2.45) is 4.99 Å². The van der Waals surface area contributed by atoms with Gasteiger partial charge in [-0.05, 0) is 32.0 Å². The summed E-state index contributed by atoms with van der Waals surface area (Å²) in [7, 11) is 1.78. The second kappa shape index (κ2) is 9.07. The Balaban J connectivity index is 1.56. The Labute approximate surface area is 160 Å². The Morgan fingerprint density at radius 1 is 1.11 bits per heavy atom. The zero-order chi connectivity index (χ0) is 19.1. The van der Waals surface area contributed by atoms with E-state index in [1.807, 2.05) is 50.2 Å². The topological polar surface area (TPSA) is 63.5 Å². The fraction of sp³-hybridized carbons (Fsp3) is 0.333. The highest BCUT2D eigenvalue weighted by molar-refractivity contribution is 5.79. The van der Waals surface area contributed by atoms with Crippen molar-refractivity contribution in [2.45, 2.75) is 26.9 Å². The summed E-state index contributed by atoms with van der Waals surface area (Å²) in [4.78, 5) is 8.92. The van der Waals surface area contributed by atoms with Gasteiger partial charge in [-0.2, -0.15) is 0 Å². The number of guanidine groups is 1. The number of hydrogen-bond donors (Lipinski definition) is 2. The smallest absolute Gasteiger partial charge is 0.191 e. The quantitative estimate of drug-likeness (QED) is 0.499. The number of nitrogens with one attached hydrogen (secondary N) is 2. The van der Waals surface area contributed by atoms with Gasteiger partial charge in [0.25, 0.3) is 0 Å². The molecule has 6 heteroatoms. The van der Waals surface area contributed by atoms with Crippen LogP contribution >= 0.6 is 0 Å². The molecule has 3 aromatic rings. The highest BCUT2D eigenvalue weighted by Crippen LogP contribution is 2.17. The largest absolute Gasteiger partial charge is 0.494 e. The number of imidazole rings is 1. The van der Waals surface area contributed by atoms with E-state index in [9.17, 15) is 0 Å². The number of aromatic nitrogens is 2. The molecule has 0 aliphatic rings. The van der Waals surface area contributed by atoms with Crippen LogP contribution in [0.15, 0.2) is 53.5 Å². The fourth-order valence-corrected chi connectivity index (χ4v) is 3.11. The van der Waals surface area contributed by atoms with Gasteiger partial charge in [0.2, 0.25) is 0 Å². The van der Waals surface area contributed by atoms with Gasteiger partial charge in [-0.25, -0.2) is 4.98 Å². The minimum atomic E-state index is 0.655. The van der Waals surface area contributed by atoms with Crippen molar-refractivity contribution in [3.05, 3.63) is 59.9 Å². The molecule has 0 aliphatic heterocycles. The Kier molecular flexibility index (Phi) is 6.30. The molecular formula is C21H27N5O. The van der Waals surface area contributed by atoms with Crippen molar-refractivity contribution in [3.63, 3.8) is 0 Å². The number of aliphatic imine (C=N–C) groups is 1. The third-order valence-corrected chi connectivity index (χ3v) is 4.42. The van der Waals surface area contributed by atoms with Gasteiger partial charge in [-0.15, -0.1) is 0 Å². The number of rotatable bonds is 7. The second-order valence-corrected chi connectivity index (χ2v) is 6.19. The summed E-state index contributed by atoms with van der Waals surface area (Å²) < 4.78 is 7.90. The van der Waals surface area contributed by atoms with Crippen molar-refractivity contribution in [1.82, 2.24) is 20.2 Å². The third kappa shape index (κ3) is 4.58. The maximum absolute atomic E-state index is 5.68. The molecule has 6 nitrogen and oxygen atoms in total. The van der Waals surface area contributed by atoms with Crippen LogP contribution in [0.25, 0.3) is 11.0 Å². The lowest BCUT2D eigenvalue weighted by molar-refractivity contribution is 0.336. The monoisotopic (exact) mass is 365 g/mol. The number of ether oxygens (including phenoxy) is 1. The van der Waals surface area contributed by atoms with E-state index in [-0.39, 0.29) is 0 Å². The summed E-state index contributed by atoms with van der Waals surface area (Å²) in [5.74, 6) is 2.69. The third-order valence-electron chi connectivity index (χ3n) is 4.42. The van der Waals surface area contributed by atoms with Crippen molar-refractivity contribution in [2.75, 3.05) is 20.2 Å². The lowest BCUT2D eigenvalue weighted by Gasteiger charge is -2.15. The van der Waals surface area contributed by atoms with Crippen LogP contribution < -0.4 is 15.4 Å². The first-order valence-corrected chi connectivity index (χ1v) is 9.30. The number of nitrogens with zero attached hydrogens (tertiary/aromatic N) is 3. The number of benzene rings is 2. The van der Waals surface area contributed by atoms with Gasteiger partial charge in [0.1, 0.15) is 11.6 Å². The van der Waals surface area contributed by atoms with Crippen molar-refractivity contribution in [1.29, 1.82) is 0 Å². The minimum Gasteiger partial charge on any atom is -0.494 e. The van der Waals surface area contributed by atoms with E-state index in [0.717, 1.165) is 47.2 Å². The molecule has 0 aliphatic carbocycles. The predicted octanol–water partition coefficient (Wildman–Crippen LogP) is 3.11. The highest BCUT2D eigenvalue weighted by Gasteiger charge is 2.07. The molecule has 1 aromatic heterocycles. The SMILES string of the molecule is CCOc1ccccc1CNC(=NC)NCCn1c(C)nc2ccccc21. The Morgan fingerprint density at radius 3 is 2.70 bits per heavy atom. The molecule has 0 unspecified atom stereocenters. The Morgan fingerprint density at radius 2 is 1.89 bits per heavy atom. The van der Waals surface area contributed by atoms with Crippen LogP contribution in [0, 0.1) is 6.92 Å². The normalized spacial score (nSPS) is 11.6. The van der Waals surface area contributed by atoms with Crippen molar-refractivity contribution >= 4 is 17.0 Å². The first-order valence-electron chi connectivity index (χ1n) is 9.30. The summed E-state index contributed by atoms with van der Waals surface area (Å²) >= 11 is 0. The molecule has 2 aromatic carbocycles. The molecule has 2 N–H and O–H groups in total. The zero-order valence-electron chi connectivity index (χ0n) is 16.2. The van der Waals surface area contributed by atoms with Crippen LogP contribution in [0.1, 0.15) is 18.3 Å². The van der Waals surface area contributed by atoms with E-state index in [2.05, 4.69) is 37.3 Å². The number of para-hydroxylation sites is 3. The van der Waals surface area contributed by atoms with Gasteiger partial charge < -0.3 is 19.9 Å². The molecule has 142 valence electrons. The van der Waals surface area contributed by atoms with E-state index in [1.54, 1.807) is 7.05 Å². The van der Waals surface area contributed by atoms with Crippen LogP contribution in [-0.2, 0) is 13.1 Å². The molecule has 0 fully saturated rings. The first-order chi connectivity index (χ1) is 13.2. The average molecular weight is 365 g/mol. The van der Waals surface area contributed by atoms with Crippen molar-refractivity contribution < 1.29 is 4.74 Å². The van der Waals surface area contributed by atoms with E-state index in [4.69, 9.17) is 4.74 Å². The second-order valence-electron chi connectivity index (χ2n) is 6.19. The summed E-state index contributed by atoms with van der Waals surface area (Å²) in [6.07, 6.45) is 0. The molecular weight excluding hydrogens is 338 g/mol. The summed E-state index contributed by atoms with van der Waals surface area (Å²) in [6, 6.07) is 16.3. The molecule has 0 amide bonds. The average Bonchev–Trinajstić information content (AvgIpc) is 3.01. The summed E-state index contributed by atoms with van der Waals surface area (Å²) in [6.45, 7) is 6.92. The first kappa shape index (κ1) is 18.8. The van der Waals surface area contributed by atoms with Gasteiger partial charge in [0.15, 0.2) is 5.96 Å². The molecule has 0 radical (unpaired) electrons. The zero-order valence-corrected chi connectivity index (χ0v) is 16.2. The molecule has 0 spiro atoms. The maximum Gasteiger partial charge on any atom is 0.191 e. The molecule has 27 heavy (non-hydrogen) atoms. The predicted molar refractivity (Wildman–Crippen MR) is 110 cm³/mol. The highest BCUT2D eigenvalue weighted by atomic mass is 16.5. The van der Waals surface area contributed by atoms with Gasteiger partial charge >= 0.3 is 0 Å². The lowest BCUT2D eigenvalue weighted by Crippen LogP contribution is -2.38. The molecule has 3 rings (SSSR count). The Bertz CT molecular complexity index is 916. The van der Waals surface area contributed by atoms with Crippen LogP contribution in [0.4, 0.5) is 0 Å². The van der Waals surface area contributed by atoms with Crippen LogP contribution in [-0.4, -0.2) is 35.7 Å². The van der Waals surface area contributed by atoms with E-state index in [0.29, 0.717) is 13.2 Å². The summed E-state index contributed by atoms with van der Waals surface area (Å²) in [5.41, 5.74) is 3.30. The van der Waals surface area contributed by atoms with E-state index < -0.39 is 0 Å². The number of fused-ring (bicyclic) bond motifs is 1. The van der Waals surface area contributed by atoms with Crippen molar-refractivity contribution in [3.8, 4) is 5.75 Å².